The number of sulfone groups is 1. The van der Waals surface area contributed by atoms with Crippen LogP contribution < -0.4 is 5.32 Å². The van der Waals surface area contributed by atoms with Crippen molar-refractivity contribution >= 4 is 39.8 Å². The molecule has 0 unspecified atom stereocenters. The van der Waals surface area contributed by atoms with Crippen LogP contribution in [0.2, 0.25) is 0 Å². The molecule has 1 aliphatic heterocycles. The molecule has 2 rings (SSSR count). The van der Waals surface area contributed by atoms with Crippen molar-refractivity contribution in [3.8, 4) is 0 Å². The van der Waals surface area contributed by atoms with E-state index in [0.717, 1.165) is 32.0 Å². The molecule has 1 aromatic rings. The Hall–Kier alpha value is -0.870. The number of hydrogen-bond donors (Lipinski definition) is 1. The van der Waals surface area contributed by atoms with E-state index < -0.39 is 9.84 Å². The number of nitrogens with one attached hydrogen (secondary N) is 1. The standard InChI is InChI=1S/C18H30N4O2S.HI/c1-4-16-5-7-17(8-6-16)15-21(3)18(19-2)20-9-10-22-11-13-25(23,24)14-12-22;/h5-8H,4,9-15H2,1-3H3,(H,19,20);1H. The minimum Gasteiger partial charge on any atom is -0.355 e. The molecule has 0 bridgehead atoms. The van der Waals surface area contributed by atoms with Gasteiger partial charge in [-0.05, 0) is 17.5 Å². The number of nitrogens with zero attached hydrogens (tertiary/aromatic N) is 3. The average Bonchev–Trinajstić information content (AvgIpc) is 2.60. The molecule has 26 heavy (non-hydrogen) atoms. The Morgan fingerprint density at radius 3 is 2.31 bits per heavy atom. The minimum atomic E-state index is -2.81. The van der Waals surface area contributed by atoms with Gasteiger partial charge in [-0.15, -0.1) is 24.0 Å². The van der Waals surface area contributed by atoms with E-state index >= 15 is 0 Å². The predicted molar refractivity (Wildman–Crippen MR) is 119 cm³/mol. The third-order valence-electron chi connectivity index (χ3n) is 4.57. The lowest BCUT2D eigenvalue weighted by molar-refractivity contribution is 0.298. The molecule has 0 radical (unpaired) electrons. The van der Waals surface area contributed by atoms with E-state index in [0.29, 0.717) is 13.1 Å². The van der Waals surface area contributed by atoms with E-state index in [1.807, 2.05) is 7.05 Å². The summed E-state index contributed by atoms with van der Waals surface area (Å²) >= 11 is 0. The number of benzene rings is 1. The van der Waals surface area contributed by atoms with Gasteiger partial charge in [-0.2, -0.15) is 0 Å². The van der Waals surface area contributed by atoms with Gasteiger partial charge < -0.3 is 10.2 Å². The second-order valence-electron chi connectivity index (χ2n) is 6.49. The fourth-order valence-electron chi connectivity index (χ4n) is 2.91. The Balaban J connectivity index is 0.00000338. The molecule has 1 aromatic carbocycles. The summed E-state index contributed by atoms with van der Waals surface area (Å²) in [5, 5.41) is 3.36. The first-order valence-electron chi connectivity index (χ1n) is 8.86. The Morgan fingerprint density at radius 1 is 1.19 bits per heavy atom. The van der Waals surface area contributed by atoms with Gasteiger partial charge >= 0.3 is 0 Å². The SMILES string of the molecule is CCc1ccc(CN(C)C(=NC)NCCN2CCS(=O)(=O)CC2)cc1.I. The molecular formula is C18H31IN4O2S. The molecule has 1 aliphatic rings. The van der Waals surface area contributed by atoms with Gasteiger partial charge in [0.1, 0.15) is 0 Å². The van der Waals surface area contributed by atoms with Gasteiger partial charge in [0, 0.05) is 46.8 Å². The maximum atomic E-state index is 11.5. The van der Waals surface area contributed by atoms with Gasteiger partial charge in [-0.25, -0.2) is 8.42 Å². The van der Waals surface area contributed by atoms with Crippen molar-refractivity contribution in [2.24, 2.45) is 4.99 Å². The van der Waals surface area contributed by atoms with Crippen molar-refractivity contribution in [1.29, 1.82) is 0 Å². The zero-order valence-electron chi connectivity index (χ0n) is 15.9. The molecule has 1 heterocycles. The van der Waals surface area contributed by atoms with E-state index in [1.165, 1.54) is 11.1 Å². The predicted octanol–water partition coefficient (Wildman–Crippen LogP) is 1.60. The quantitative estimate of drug-likeness (QED) is 0.370. The van der Waals surface area contributed by atoms with Crippen LogP contribution in [0.5, 0.6) is 0 Å². The highest BCUT2D eigenvalue weighted by Crippen LogP contribution is 2.07. The van der Waals surface area contributed by atoms with Gasteiger partial charge in [0.15, 0.2) is 15.8 Å². The molecule has 0 aliphatic carbocycles. The van der Waals surface area contributed by atoms with E-state index in [-0.39, 0.29) is 35.5 Å². The van der Waals surface area contributed by atoms with Crippen LogP contribution in [0.15, 0.2) is 29.3 Å². The summed E-state index contributed by atoms with van der Waals surface area (Å²) < 4.78 is 22.9. The maximum absolute atomic E-state index is 11.5. The van der Waals surface area contributed by atoms with Crippen molar-refractivity contribution in [3.63, 3.8) is 0 Å². The number of aliphatic imine (C=N–C) groups is 1. The van der Waals surface area contributed by atoms with Crippen molar-refractivity contribution in [1.82, 2.24) is 15.1 Å². The number of guanidine groups is 1. The average molecular weight is 494 g/mol. The highest BCUT2D eigenvalue weighted by atomic mass is 127. The second kappa shape index (κ2) is 11.1. The number of rotatable bonds is 6. The summed E-state index contributed by atoms with van der Waals surface area (Å²) in [5.41, 5.74) is 2.60. The first kappa shape index (κ1) is 23.2. The van der Waals surface area contributed by atoms with Crippen LogP contribution in [0.25, 0.3) is 0 Å². The zero-order valence-corrected chi connectivity index (χ0v) is 19.1. The van der Waals surface area contributed by atoms with Gasteiger partial charge in [-0.1, -0.05) is 31.2 Å². The van der Waals surface area contributed by atoms with Gasteiger partial charge in [0.05, 0.1) is 11.5 Å². The number of hydrogen-bond acceptors (Lipinski definition) is 4. The molecule has 0 atom stereocenters. The molecule has 0 aromatic heterocycles. The highest BCUT2D eigenvalue weighted by Gasteiger charge is 2.21. The monoisotopic (exact) mass is 494 g/mol. The lowest BCUT2D eigenvalue weighted by Crippen LogP contribution is -2.46. The largest absolute Gasteiger partial charge is 0.355 e. The van der Waals surface area contributed by atoms with Crippen LogP contribution in [0.1, 0.15) is 18.1 Å². The third-order valence-corrected chi connectivity index (χ3v) is 6.18. The first-order chi connectivity index (χ1) is 11.9. The first-order valence-corrected chi connectivity index (χ1v) is 10.7. The Labute approximate surface area is 175 Å². The van der Waals surface area contributed by atoms with Gasteiger partial charge in [0.2, 0.25) is 0 Å². The van der Waals surface area contributed by atoms with Crippen LogP contribution in [-0.2, 0) is 22.8 Å². The van der Waals surface area contributed by atoms with Crippen LogP contribution in [-0.4, -0.2) is 76.0 Å². The molecule has 6 nitrogen and oxygen atoms in total. The maximum Gasteiger partial charge on any atom is 0.193 e. The molecule has 148 valence electrons. The van der Waals surface area contributed by atoms with E-state index in [4.69, 9.17) is 0 Å². The normalized spacial score (nSPS) is 17.4. The minimum absolute atomic E-state index is 0. The molecule has 1 saturated heterocycles. The number of halogens is 1. The van der Waals surface area contributed by atoms with Crippen molar-refractivity contribution in [2.75, 3.05) is 51.8 Å². The second-order valence-corrected chi connectivity index (χ2v) is 8.80. The molecule has 0 spiro atoms. The zero-order chi connectivity index (χ0) is 18.3. The van der Waals surface area contributed by atoms with Crippen LogP contribution >= 0.6 is 24.0 Å². The van der Waals surface area contributed by atoms with Gasteiger partial charge in [-0.3, -0.25) is 9.89 Å². The van der Waals surface area contributed by atoms with Crippen molar-refractivity contribution in [3.05, 3.63) is 35.4 Å². The molecule has 0 amide bonds. The molecule has 1 N–H and O–H groups in total. The van der Waals surface area contributed by atoms with Gasteiger partial charge in [0.25, 0.3) is 0 Å². The molecular weight excluding hydrogens is 463 g/mol. The van der Waals surface area contributed by atoms with Crippen LogP contribution in [0, 0.1) is 0 Å². The Kier molecular flexibility index (Phi) is 9.88. The topological polar surface area (TPSA) is 65.0 Å². The van der Waals surface area contributed by atoms with E-state index in [1.54, 1.807) is 7.05 Å². The van der Waals surface area contributed by atoms with Crippen molar-refractivity contribution < 1.29 is 8.42 Å². The Bertz CT molecular complexity index is 663. The van der Waals surface area contributed by atoms with E-state index in [2.05, 4.69) is 51.3 Å². The summed E-state index contributed by atoms with van der Waals surface area (Å²) in [6, 6.07) is 8.67. The summed E-state index contributed by atoms with van der Waals surface area (Å²) in [4.78, 5) is 8.62. The number of aryl methyl sites for hydroxylation is 1. The third kappa shape index (κ3) is 7.40. The summed E-state index contributed by atoms with van der Waals surface area (Å²) in [6.07, 6.45) is 1.05. The fourth-order valence-corrected chi connectivity index (χ4v) is 4.19. The Morgan fingerprint density at radius 2 is 1.77 bits per heavy atom. The van der Waals surface area contributed by atoms with Crippen LogP contribution in [0.3, 0.4) is 0 Å². The molecule has 0 saturated carbocycles. The molecule has 1 fully saturated rings. The fraction of sp³-hybridized carbons (Fsp3) is 0.611. The lowest BCUT2D eigenvalue weighted by Gasteiger charge is -2.28. The summed E-state index contributed by atoms with van der Waals surface area (Å²) in [7, 11) is 1.000. The lowest BCUT2D eigenvalue weighted by atomic mass is 10.1. The summed E-state index contributed by atoms with van der Waals surface area (Å²) in [5.74, 6) is 1.40. The van der Waals surface area contributed by atoms with Crippen LogP contribution in [0.4, 0.5) is 0 Å². The van der Waals surface area contributed by atoms with Crippen molar-refractivity contribution in [2.45, 2.75) is 19.9 Å². The molecule has 8 heteroatoms. The highest BCUT2D eigenvalue weighted by molar-refractivity contribution is 14.0. The van der Waals surface area contributed by atoms with E-state index in [9.17, 15) is 8.42 Å². The summed E-state index contributed by atoms with van der Waals surface area (Å²) in [6.45, 7) is 5.79. The smallest absolute Gasteiger partial charge is 0.193 e.